The predicted molar refractivity (Wildman–Crippen MR) is 558 cm³/mol. The summed E-state index contributed by atoms with van der Waals surface area (Å²) >= 11 is -0.543. The minimum atomic E-state index is -1.06. The van der Waals surface area contributed by atoms with E-state index in [1.54, 1.807) is 82.9 Å². The molecule has 148 heavy (non-hydrogen) atoms. The van der Waals surface area contributed by atoms with Crippen molar-refractivity contribution in [1.29, 1.82) is 0 Å². The van der Waals surface area contributed by atoms with E-state index in [0.717, 1.165) is 92.9 Å². The number of para-hydroxylation sites is 4. The molecule has 0 aliphatic carbocycles. The van der Waals surface area contributed by atoms with Crippen LogP contribution in [0.25, 0.3) is 0 Å². The van der Waals surface area contributed by atoms with Gasteiger partial charge in [-0.25, -0.2) is 0 Å². The van der Waals surface area contributed by atoms with Crippen molar-refractivity contribution < 1.29 is 111 Å². The van der Waals surface area contributed by atoms with Crippen molar-refractivity contribution in [2.24, 2.45) is 9.98 Å². The summed E-state index contributed by atoms with van der Waals surface area (Å²) in [4.78, 5) is 204. The Hall–Kier alpha value is -15.5. The van der Waals surface area contributed by atoms with Crippen LogP contribution in [0.2, 0.25) is 14.8 Å². The Bertz CT molecular complexity index is 6930. The molecule has 0 bridgehead atoms. The molecule has 10 aromatic carbocycles. The molecule has 0 aromatic heterocycles. The number of esters is 1. The molecular formula is C114H119N10O23Sn. The molecule has 4 atom stereocenters. The number of ether oxygens (including phenoxy) is 7. The summed E-state index contributed by atoms with van der Waals surface area (Å²) in [6.07, 6.45) is 7.90. The number of carboxylic acid groups (broad SMARTS) is 1. The van der Waals surface area contributed by atoms with Gasteiger partial charge in [-0.2, -0.15) is 0 Å². The molecule has 0 saturated carbocycles. The maximum absolute atomic E-state index is 14.1. The molecule has 0 fully saturated rings. The summed E-state index contributed by atoms with van der Waals surface area (Å²) in [5.74, 6) is -2.67. The molecule has 10 aromatic rings. The number of carbonyl (C=O) groups excluding carboxylic acids is 13. The zero-order valence-electron chi connectivity index (χ0n) is 83.9. The number of nitrogens with one attached hydrogen (secondary N) is 4. The Labute approximate surface area is 863 Å². The van der Waals surface area contributed by atoms with Crippen molar-refractivity contribution in [2.45, 2.75) is 195 Å². The number of rotatable bonds is 38. The number of amides is 8. The minimum absolute atomic E-state index is 0. The Kier molecular flexibility index (Phi) is 35.1. The van der Waals surface area contributed by atoms with Gasteiger partial charge >= 0.3 is 46.5 Å². The van der Waals surface area contributed by atoms with Crippen LogP contribution in [0.15, 0.2) is 192 Å². The zero-order valence-corrected chi connectivity index (χ0v) is 86.7. The van der Waals surface area contributed by atoms with Gasteiger partial charge in [0.25, 0.3) is 23.6 Å². The van der Waals surface area contributed by atoms with Crippen LogP contribution >= 0.6 is 0 Å². The third-order valence-electron chi connectivity index (χ3n) is 26.8. The molecule has 767 valence electrons. The molecule has 33 nitrogen and oxygen atoms in total. The van der Waals surface area contributed by atoms with Crippen molar-refractivity contribution in [3.63, 3.8) is 0 Å². The number of nitrogens with zero attached hydrogens (tertiary/aromatic N) is 6. The van der Waals surface area contributed by atoms with Gasteiger partial charge in [-0.3, -0.25) is 86.9 Å². The van der Waals surface area contributed by atoms with E-state index in [-0.39, 0.29) is 187 Å². The van der Waals surface area contributed by atoms with Crippen molar-refractivity contribution in [3.8, 4) is 34.5 Å². The molecular weight excluding hydrogens is 2000 g/mol. The first-order valence-corrected chi connectivity index (χ1v) is 57.9. The second-order valence-corrected chi connectivity index (χ2v) is 46.6. The first-order chi connectivity index (χ1) is 70.9. The third kappa shape index (κ3) is 25.6. The second-order valence-electron chi connectivity index (χ2n) is 38.1. The van der Waals surface area contributed by atoms with E-state index in [1.165, 1.54) is 21.3 Å². The van der Waals surface area contributed by atoms with Gasteiger partial charge in [0.2, 0.25) is 23.6 Å². The zero-order chi connectivity index (χ0) is 104. The van der Waals surface area contributed by atoms with Crippen LogP contribution in [0.1, 0.15) is 206 Å². The van der Waals surface area contributed by atoms with Crippen LogP contribution in [0.4, 0.5) is 34.1 Å². The van der Waals surface area contributed by atoms with E-state index < -0.39 is 61.1 Å². The number of hydrogen-bond donors (Lipinski definition) is 5. The predicted octanol–water partition coefficient (Wildman–Crippen LogP) is 14.6. The van der Waals surface area contributed by atoms with Gasteiger partial charge in [0.05, 0.1) is 81.8 Å². The molecule has 18 rings (SSSR count). The average Bonchev–Trinajstić information content (AvgIpc) is 1.62. The molecule has 34 heteroatoms. The normalized spacial score (nSPS) is 15.7. The Morgan fingerprint density at radius 3 is 1.08 bits per heavy atom. The van der Waals surface area contributed by atoms with Crippen LogP contribution in [0.3, 0.4) is 0 Å². The quantitative estimate of drug-likeness (QED) is 0.0136. The number of aryl methyl sites for hydroxylation is 4. The standard InChI is InChI=1S/C56H55N5O11.C55H53N5O11.3CH3.H2O.Sn/c1-33-20-44-45(58-29-41-25-38-9-5-7-11-47(38)61(41)56(44)68)28-49(33)71-31-34-21-35(23-39(22-34)48(63)15-17-53(65)59-30-42(62)14-16-52(64)57-19-18-54(66)70-3)32-72-51-26-36-12-13-40-24-37-8-4-6-10-46(37)60(40)55(67)43(36)27-50(51)69-2;1-32-19-43-44(57-28-40-24-37-8-4-6-10-46(37)60(40)55(43)68)27-48(32)70-30-33-20-34(22-38(21-33)47(62)14-16-52(64)58-29-41(61)13-15-51(63)56-18-17-53(65)66)31-71-50-25-35-11-12-39-23-36-7-3-5-9-45(36)59(39)54(67)42(35)26-49(50)69-2;;;;;/h4-11,20-23,26-29,40-41H,12-19,24-25,30-32H2,1-3H3,(H,57,64)(H,59,65);3-10,19-22,25-28,39-40H,11-18,23-24,29-31H2,1-2H3,(H,56,63)(H,58,64)(H,65,66);3*1H3;1H2;/t40-,41+;39-,40+;;;;;/m11...../s1. The van der Waals surface area contributed by atoms with E-state index in [0.29, 0.717) is 127 Å². The number of anilines is 4. The molecule has 8 amide bonds. The second kappa shape index (κ2) is 48.7. The molecule has 7 N–H and O–H groups in total. The number of carboxylic acids is 1. The van der Waals surface area contributed by atoms with Crippen LogP contribution in [-0.4, -0.2) is 197 Å². The van der Waals surface area contributed by atoms with E-state index >= 15 is 0 Å². The molecule has 8 aliphatic heterocycles. The average molecular weight is 2120 g/mol. The summed E-state index contributed by atoms with van der Waals surface area (Å²) < 4.78 is 41.8. The summed E-state index contributed by atoms with van der Waals surface area (Å²) in [5.41, 5.74) is 17.4. The van der Waals surface area contributed by atoms with Gasteiger partial charge in [0.1, 0.15) is 37.9 Å². The van der Waals surface area contributed by atoms with E-state index in [2.05, 4.69) is 53.0 Å². The molecule has 0 saturated heterocycles. The molecule has 1 radical (unpaired) electrons. The van der Waals surface area contributed by atoms with Crippen LogP contribution in [0.5, 0.6) is 34.5 Å². The fourth-order valence-electron chi connectivity index (χ4n) is 19.5. The number of methoxy groups -OCH3 is 3. The van der Waals surface area contributed by atoms with E-state index in [9.17, 15) is 67.1 Å². The van der Waals surface area contributed by atoms with Crippen molar-refractivity contribution in [3.05, 3.63) is 282 Å². The summed E-state index contributed by atoms with van der Waals surface area (Å²) in [5, 5.41) is 18.8. The van der Waals surface area contributed by atoms with Gasteiger partial charge in [0, 0.05) is 159 Å². The fourth-order valence-corrected chi connectivity index (χ4v) is 19.5. The first kappa shape index (κ1) is 107. The molecule has 8 aliphatic rings. The van der Waals surface area contributed by atoms with E-state index in [4.69, 9.17) is 43.5 Å². The van der Waals surface area contributed by atoms with Gasteiger partial charge in [-0.15, -0.1) is 0 Å². The van der Waals surface area contributed by atoms with Gasteiger partial charge in [-0.1, -0.05) is 72.8 Å². The number of benzene rings is 10. The van der Waals surface area contributed by atoms with Crippen LogP contribution in [-0.2, 0) is 108 Å². The van der Waals surface area contributed by atoms with Crippen molar-refractivity contribution >= 4 is 149 Å². The number of ketones is 4. The van der Waals surface area contributed by atoms with Crippen molar-refractivity contribution in [2.75, 3.05) is 67.1 Å². The van der Waals surface area contributed by atoms with Crippen LogP contribution < -0.4 is 69.3 Å². The first-order valence-electron chi connectivity index (χ1n) is 49.4. The number of aliphatic imine (C=N–C) groups is 2. The SMILES string of the molecule is COC(=O)CCNC(=O)CCC(=O)CNC(=O)CCC(=O)c1cc(COc2cc3c(cc2C)C(=O)N2c4ccccc4C[C@H]2C=N3)cc(COc2cc3c(cc2OC)C(=O)N2c4ccccc4C[C@H]2CC3)c1.COc1cc2c(cc1OCc1cc(COc3cc4c(cc3C)C(=O)N3c5ccccc5C[C@H]3C=N4)cc(C(=O)CCC(=O)NCC(=O)CCC(=O)NCCC(=O)O)c1)CC[C@@H]1Cc3ccccc3N1C2=O.O.[CH3][Sn]([CH3])[CH3]. The fraction of sp³-hybridized carbons (Fsp3) is 0.333. The summed E-state index contributed by atoms with van der Waals surface area (Å²) in [6, 6.07) is 56.2. The Morgan fingerprint density at radius 2 is 0.709 bits per heavy atom. The van der Waals surface area contributed by atoms with Crippen molar-refractivity contribution in [1.82, 2.24) is 21.3 Å². The van der Waals surface area contributed by atoms with Gasteiger partial charge in [-0.05, 0) is 216 Å². The Balaban J connectivity index is 0.000000213. The number of hydrogen-bond acceptors (Lipinski definition) is 23. The summed E-state index contributed by atoms with van der Waals surface area (Å²) in [7, 11) is 4.29. The Morgan fingerprint density at radius 1 is 0.372 bits per heavy atom. The molecule has 8 heterocycles. The summed E-state index contributed by atoms with van der Waals surface area (Å²) in [6.45, 7) is 3.20. The number of Topliss-reactive ketones (excluding diaryl/α,β-unsaturated/α-hetero) is 4. The number of carbonyl (C=O) groups is 14. The maximum atomic E-state index is 14.1. The third-order valence-corrected chi connectivity index (χ3v) is 26.8. The van der Waals surface area contributed by atoms with Crippen LogP contribution in [0, 0.1) is 13.8 Å². The molecule has 0 spiro atoms. The van der Waals surface area contributed by atoms with E-state index in [1.807, 2.05) is 133 Å². The molecule has 0 unspecified atom stereocenters. The number of fused-ring (bicyclic) bond motifs is 16. The topological polar surface area (TPSA) is 441 Å². The number of aliphatic carboxylic acids is 1. The monoisotopic (exact) mass is 2120 g/mol. The van der Waals surface area contributed by atoms with Gasteiger partial charge in [0.15, 0.2) is 46.1 Å². The van der Waals surface area contributed by atoms with Gasteiger partial charge < -0.3 is 74.8 Å².